The zero-order valence-corrected chi connectivity index (χ0v) is 16.5. The number of carbonyl (C=O) groups excluding carboxylic acids is 2. The predicted molar refractivity (Wildman–Crippen MR) is 107 cm³/mol. The summed E-state index contributed by atoms with van der Waals surface area (Å²) in [5.74, 6) is 1.67. The molecule has 7 nitrogen and oxygen atoms in total. The molecule has 2 aromatic carbocycles. The van der Waals surface area contributed by atoms with E-state index in [1.807, 2.05) is 13.0 Å². The van der Waals surface area contributed by atoms with E-state index in [0.717, 1.165) is 40.8 Å². The van der Waals surface area contributed by atoms with Gasteiger partial charge in [0.1, 0.15) is 11.5 Å². The lowest BCUT2D eigenvalue weighted by atomic mass is 10.1. The van der Waals surface area contributed by atoms with E-state index in [-0.39, 0.29) is 16.8 Å². The second-order valence-electron chi connectivity index (χ2n) is 6.60. The molecule has 2 aliphatic rings. The molecule has 1 heterocycles. The lowest BCUT2D eigenvalue weighted by Crippen LogP contribution is -2.22. The highest BCUT2D eigenvalue weighted by molar-refractivity contribution is 8.14. The molecule has 0 spiro atoms. The Morgan fingerprint density at radius 3 is 2.43 bits per heavy atom. The number of ether oxygens (including phenoxy) is 1. The van der Waals surface area contributed by atoms with Gasteiger partial charge in [0.2, 0.25) is 5.91 Å². The molecule has 2 aromatic rings. The average Bonchev–Trinajstić information content (AvgIpc) is 3.25. The summed E-state index contributed by atoms with van der Waals surface area (Å²) >= 11 is 1.05. The van der Waals surface area contributed by atoms with E-state index in [0.29, 0.717) is 11.5 Å². The Bertz CT molecular complexity index is 928. The summed E-state index contributed by atoms with van der Waals surface area (Å²) in [7, 11) is 1.49. The van der Waals surface area contributed by atoms with Crippen molar-refractivity contribution in [1.82, 2.24) is 4.90 Å². The number of fused-ring (bicyclic) bond motifs is 1. The first kappa shape index (κ1) is 19.9. The molecule has 0 saturated carbocycles. The molecule has 0 N–H and O–H groups in total. The van der Waals surface area contributed by atoms with Crippen LogP contribution < -0.4 is 4.74 Å². The highest BCUT2D eigenvalue weighted by atomic mass is 32.2. The highest BCUT2D eigenvalue weighted by Gasteiger charge is 2.25. The number of carbonyl (C=O) groups is 2. The van der Waals surface area contributed by atoms with Crippen molar-refractivity contribution >= 4 is 28.6 Å². The van der Waals surface area contributed by atoms with Gasteiger partial charge >= 0.3 is 0 Å². The maximum Gasteiger partial charge on any atom is 0.288 e. The summed E-state index contributed by atoms with van der Waals surface area (Å²) in [6.45, 7) is 1.82. The van der Waals surface area contributed by atoms with E-state index >= 15 is 0 Å². The van der Waals surface area contributed by atoms with Crippen molar-refractivity contribution in [3.05, 3.63) is 63.2 Å². The molecular formula is C20H20N2O5S. The number of hydrogen-bond donors (Lipinski definition) is 0. The SMILES string of the molecule is CN1C(=O)CSC1=O.Cc1cc([N+](=O)[O-])ccc1Oc1ccc2c(c1)CCC2. The average molecular weight is 400 g/mol. The fourth-order valence-electron chi connectivity index (χ4n) is 3.02. The van der Waals surface area contributed by atoms with Crippen molar-refractivity contribution < 1.29 is 19.2 Å². The van der Waals surface area contributed by atoms with E-state index in [4.69, 9.17) is 4.74 Å². The van der Waals surface area contributed by atoms with Gasteiger partial charge in [-0.2, -0.15) is 0 Å². The Morgan fingerprint density at radius 1 is 1.11 bits per heavy atom. The molecule has 0 radical (unpaired) electrons. The molecular weight excluding hydrogens is 380 g/mol. The summed E-state index contributed by atoms with van der Waals surface area (Å²) < 4.78 is 5.85. The molecule has 1 aliphatic carbocycles. The van der Waals surface area contributed by atoms with E-state index in [2.05, 4.69) is 12.1 Å². The number of nitro benzene ring substituents is 1. The Morgan fingerprint density at radius 2 is 1.86 bits per heavy atom. The van der Waals surface area contributed by atoms with Crippen LogP contribution in [0.3, 0.4) is 0 Å². The standard InChI is InChI=1S/C16H15NO3.C4H5NO2S/c1-11-9-14(17(18)19)6-8-16(11)20-15-7-5-12-3-2-4-13(12)10-15;1-5-3(6)2-8-4(5)7/h5-10H,2-4H2,1H3;2H2,1H3. The number of nitrogens with zero attached hydrogens (tertiary/aromatic N) is 2. The molecule has 0 bridgehead atoms. The molecule has 1 aliphatic heterocycles. The lowest BCUT2D eigenvalue weighted by Gasteiger charge is -2.10. The summed E-state index contributed by atoms with van der Waals surface area (Å²) in [4.78, 5) is 32.4. The van der Waals surface area contributed by atoms with Crippen LogP contribution in [0.5, 0.6) is 11.5 Å². The maximum atomic E-state index is 10.7. The van der Waals surface area contributed by atoms with Crippen LogP contribution in [0.4, 0.5) is 10.5 Å². The number of non-ortho nitro benzene ring substituents is 1. The second-order valence-corrected chi connectivity index (χ2v) is 7.53. The van der Waals surface area contributed by atoms with Crippen LogP contribution in [-0.4, -0.2) is 33.8 Å². The van der Waals surface area contributed by atoms with Crippen LogP contribution in [0.15, 0.2) is 36.4 Å². The van der Waals surface area contributed by atoms with Gasteiger partial charge in [-0.25, -0.2) is 0 Å². The van der Waals surface area contributed by atoms with Gasteiger partial charge in [0, 0.05) is 19.2 Å². The van der Waals surface area contributed by atoms with E-state index < -0.39 is 4.92 Å². The zero-order valence-electron chi connectivity index (χ0n) is 15.6. The summed E-state index contributed by atoms with van der Waals surface area (Å²) in [6, 6.07) is 10.8. The normalized spacial score (nSPS) is 15.1. The van der Waals surface area contributed by atoms with Gasteiger partial charge in [-0.05, 0) is 61.1 Å². The summed E-state index contributed by atoms with van der Waals surface area (Å²) in [6.07, 6.45) is 3.45. The number of nitro groups is 1. The van der Waals surface area contributed by atoms with Gasteiger partial charge in [0.15, 0.2) is 0 Å². The third kappa shape index (κ3) is 4.51. The van der Waals surface area contributed by atoms with Gasteiger partial charge in [-0.15, -0.1) is 0 Å². The first-order chi connectivity index (χ1) is 13.3. The smallest absolute Gasteiger partial charge is 0.288 e. The molecule has 0 atom stereocenters. The molecule has 0 aromatic heterocycles. The molecule has 28 heavy (non-hydrogen) atoms. The van der Waals surface area contributed by atoms with Gasteiger partial charge in [-0.3, -0.25) is 24.6 Å². The van der Waals surface area contributed by atoms with Crippen molar-refractivity contribution in [2.24, 2.45) is 0 Å². The molecule has 1 saturated heterocycles. The molecule has 4 rings (SSSR count). The number of benzene rings is 2. The second kappa shape index (κ2) is 8.43. The third-order valence-corrected chi connectivity index (χ3v) is 5.55. The van der Waals surface area contributed by atoms with Gasteiger partial charge < -0.3 is 4.74 Å². The fraction of sp³-hybridized carbons (Fsp3) is 0.300. The number of aryl methyl sites for hydroxylation is 3. The number of imide groups is 1. The highest BCUT2D eigenvalue weighted by Crippen LogP contribution is 2.31. The first-order valence-electron chi connectivity index (χ1n) is 8.83. The van der Waals surface area contributed by atoms with Crippen LogP contribution in [0.25, 0.3) is 0 Å². The Balaban J connectivity index is 0.000000236. The number of rotatable bonds is 3. The monoisotopic (exact) mass is 400 g/mol. The topological polar surface area (TPSA) is 89.8 Å². The maximum absolute atomic E-state index is 10.7. The fourth-order valence-corrected chi connectivity index (χ4v) is 3.76. The Labute approximate surface area is 166 Å². The minimum atomic E-state index is -0.397. The molecule has 146 valence electrons. The minimum Gasteiger partial charge on any atom is -0.457 e. The summed E-state index contributed by atoms with van der Waals surface area (Å²) in [5, 5.41) is 10.6. The molecule has 0 unspecified atom stereocenters. The van der Waals surface area contributed by atoms with Crippen LogP contribution in [0.1, 0.15) is 23.1 Å². The van der Waals surface area contributed by atoms with Crippen LogP contribution in [0, 0.1) is 17.0 Å². The minimum absolute atomic E-state index is 0.0869. The van der Waals surface area contributed by atoms with Crippen LogP contribution >= 0.6 is 11.8 Å². The third-order valence-electron chi connectivity index (χ3n) is 4.63. The van der Waals surface area contributed by atoms with E-state index in [1.165, 1.54) is 36.7 Å². The first-order valence-corrected chi connectivity index (χ1v) is 9.81. The van der Waals surface area contributed by atoms with E-state index in [1.54, 1.807) is 6.07 Å². The lowest BCUT2D eigenvalue weighted by molar-refractivity contribution is -0.384. The van der Waals surface area contributed by atoms with Crippen molar-refractivity contribution in [2.45, 2.75) is 26.2 Å². The molecule has 1 fully saturated rings. The van der Waals surface area contributed by atoms with Crippen molar-refractivity contribution in [1.29, 1.82) is 0 Å². The molecule has 2 amide bonds. The quantitative estimate of drug-likeness (QED) is 0.557. The van der Waals surface area contributed by atoms with Crippen molar-refractivity contribution in [3.8, 4) is 11.5 Å². The van der Waals surface area contributed by atoms with Gasteiger partial charge in [-0.1, -0.05) is 17.8 Å². The van der Waals surface area contributed by atoms with Crippen molar-refractivity contribution in [3.63, 3.8) is 0 Å². The van der Waals surface area contributed by atoms with Gasteiger partial charge in [0.05, 0.1) is 10.7 Å². The van der Waals surface area contributed by atoms with Crippen LogP contribution in [-0.2, 0) is 17.6 Å². The van der Waals surface area contributed by atoms with Crippen LogP contribution in [0.2, 0.25) is 0 Å². The summed E-state index contributed by atoms with van der Waals surface area (Å²) in [5.41, 5.74) is 3.60. The number of thioether (sulfide) groups is 1. The largest absolute Gasteiger partial charge is 0.457 e. The number of hydrogen-bond acceptors (Lipinski definition) is 6. The van der Waals surface area contributed by atoms with Gasteiger partial charge in [0.25, 0.3) is 10.9 Å². The zero-order chi connectivity index (χ0) is 20.3. The Kier molecular flexibility index (Phi) is 5.99. The van der Waals surface area contributed by atoms with E-state index in [9.17, 15) is 19.7 Å². The molecule has 8 heteroatoms. The Hall–Kier alpha value is -2.87. The predicted octanol–water partition coefficient (Wildman–Crippen LogP) is 4.50. The number of amides is 2. The van der Waals surface area contributed by atoms with Crippen molar-refractivity contribution in [2.75, 3.05) is 12.8 Å².